The third kappa shape index (κ3) is 4.18. The number of methoxy groups -OCH3 is 1. The molecule has 1 unspecified atom stereocenters. The van der Waals surface area contributed by atoms with Crippen LogP contribution < -0.4 is 14.8 Å². The number of nitrogens with zero attached hydrogens (tertiary/aromatic N) is 5. The van der Waals surface area contributed by atoms with Crippen LogP contribution in [-0.4, -0.2) is 44.6 Å². The Balaban J connectivity index is 1.58. The Morgan fingerprint density at radius 1 is 1.17 bits per heavy atom. The first-order valence-corrected chi connectivity index (χ1v) is 11.1. The maximum Gasteiger partial charge on any atom is 0.272 e. The quantitative estimate of drug-likeness (QED) is 0.450. The second-order valence-electron chi connectivity index (χ2n) is 8.06. The van der Waals surface area contributed by atoms with Gasteiger partial charge < -0.3 is 14.8 Å². The first kappa shape index (κ1) is 22.5. The number of hydrogen-bond donors (Lipinski definition) is 1. The minimum Gasteiger partial charge on any atom is -0.493 e. The zero-order valence-electron chi connectivity index (χ0n) is 19.4. The molecule has 3 heterocycles. The van der Waals surface area contributed by atoms with E-state index >= 15 is 0 Å². The maximum absolute atomic E-state index is 13.3. The number of aromatic nitrogens is 5. The van der Waals surface area contributed by atoms with E-state index in [-0.39, 0.29) is 30.0 Å². The number of halogens is 1. The van der Waals surface area contributed by atoms with Gasteiger partial charge in [-0.25, -0.2) is 9.37 Å². The summed E-state index contributed by atoms with van der Waals surface area (Å²) in [5, 5.41) is 15.8. The molecule has 1 amide bonds. The number of fused-ring (bicyclic) bond motifs is 1. The average molecular weight is 474 g/mol. The minimum absolute atomic E-state index is 0.153. The lowest BCUT2D eigenvalue weighted by Crippen LogP contribution is -2.25. The van der Waals surface area contributed by atoms with Crippen molar-refractivity contribution in [2.24, 2.45) is 0 Å². The smallest absolute Gasteiger partial charge is 0.272 e. The Morgan fingerprint density at radius 3 is 2.71 bits per heavy atom. The van der Waals surface area contributed by atoms with Crippen LogP contribution in [-0.2, 0) is 4.79 Å². The van der Waals surface area contributed by atoms with Gasteiger partial charge in [0.1, 0.15) is 11.6 Å². The Kier molecular flexibility index (Phi) is 5.86. The second-order valence-corrected chi connectivity index (χ2v) is 8.06. The Hall–Kier alpha value is -4.34. The maximum atomic E-state index is 13.3. The summed E-state index contributed by atoms with van der Waals surface area (Å²) in [5.74, 6) is 1.20. The first-order valence-electron chi connectivity index (χ1n) is 11.1. The number of benzene rings is 2. The molecule has 1 aliphatic rings. The molecule has 9 nitrogen and oxygen atoms in total. The molecule has 2 aromatic carbocycles. The van der Waals surface area contributed by atoms with Crippen LogP contribution in [0, 0.1) is 12.7 Å². The molecule has 0 bridgehead atoms. The molecule has 1 aliphatic heterocycles. The lowest BCUT2D eigenvalue weighted by Gasteiger charge is -2.25. The second kappa shape index (κ2) is 9.13. The number of rotatable bonds is 6. The predicted molar refractivity (Wildman–Crippen MR) is 126 cm³/mol. The van der Waals surface area contributed by atoms with E-state index in [4.69, 9.17) is 9.47 Å². The monoisotopic (exact) mass is 474 g/mol. The van der Waals surface area contributed by atoms with Crippen molar-refractivity contribution in [3.63, 3.8) is 0 Å². The van der Waals surface area contributed by atoms with Gasteiger partial charge in [-0.2, -0.15) is 14.9 Å². The van der Waals surface area contributed by atoms with Gasteiger partial charge in [-0.05, 0) is 55.8 Å². The fraction of sp³-hybridized carbons (Fsp3) is 0.240. The fourth-order valence-corrected chi connectivity index (χ4v) is 4.30. The Morgan fingerprint density at radius 2 is 1.97 bits per heavy atom. The summed E-state index contributed by atoms with van der Waals surface area (Å²) in [6.45, 7) is 4.27. The molecule has 0 fully saturated rings. The standard InChI is InChI=1S/C25H23FN6O3/c1-4-35-21-11-16(7-10-20(21)34-3)18-12-22(33)29-24-23(18)14(2)31-32(24)25-28-19(13-27-30-25)15-5-8-17(26)9-6-15/h5-11,13,18H,4,12H2,1-3H3,(H,29,33). The van der Waals surface area contributed by atoms with Gasteiger partial charge in [0.15, 0.2) is 11.5 Å². The van der Waals surface area contributed by atoms with Crippen LogP contribution in [0.4, 0.5) is 10.2 Å². The Bertz CT molecular complexity index is 1400. The number of amides is 1. The van der Waals surface area contributed by atoms with Gasteiger partial charge in [-0.1, -0.05) is 6.07 Å². The van der Waals surface area contributed by atoms with Gasteiger partial charge in [0.25, 0.3) is 5.95 Å². The predicted octanol–water partition coefficient (Wildman–Crippen LogP) is 4.05. The van der Waals surface area contributed by atoms with Crippen LogP contribution in [0.5, 0.6) is 11.5 Å². The van der Waals surface area contributed by atoms with Crippen LogP contribution >= 0.6 is 0 Å². The summed E-state index contributed by atoms with van der Waals surface area (Å²) in [6, 6.07) is 11.6. The van der Waals surface area contributed by atoms with E-state index < -0.39 is 0 Å². The van der Waals surface area contributed by atoms with Crippen molar-refractivity contribution in [1.82, 2.24) is 25.0 Å². The van der Waals surface area contributed by atoms with E-state index in [9.17, 15) is 9.18 Å². The molecule has 0 aliphatic carbocycles. The highest BCUT2D eigenvalue weighted by atomic mass is 19.1. The number of anilines is 1. The van der Waals surface area contributed by atoms with Crippen molar-refractivity contribution >= 4 is 11.7 Å². The highest BCUT2D eigenvalue weighted by Gasteiger charge is 2.33. The summed E-state index contributed by atoms with van der Waals surface area (Å²) in [6.07, 6.45) is 1.75. The van der Waals surface area contributed by atoms with Gasteiger partial charge in [0.05, 0.1) is 31.3 Å². The lowest BCUT2D eigenvalue weighted by atomic mass is 9.85. The van der Waals surface area contributed by atoms with Crippen LogP contribution in [0.2, 0.25) is 0 Å². The summed E-state index contributed by atoms with van der Waals surface area (Å²) < 4.78 is 26.0. The fourth-order valence-electron chi connectivity index (χ4n) is 4.30. The van der Waals surface area contributed by atoms with Crippen LogP contribution in [0.15, 0.2) is 48.7 Å². The SMILES string of the molecule is CCOc1cc(C2CC(=O)Nc3c2c(C)nn3-c2nncc(-c3ccc(F)cc3)n2)ccc1OC. The van der Waals surface area contributed by atoms with E-state index in [0.29, 0.717) is 35.2 Å². The molecule has 35 heavy (non-hydrogen) atoms. The molecule has 0 spiro atoms. The number of nitrogens with one attached hydrogen (secondary N) is 1. The molecular formula is C25H23FN6O3. The van der Waals surface area contributed by atoms with Crippen LogP contribution in [0.3, 0.4) is 0 Å². The molecule has 1 N–H and O–H groups in total. The molecule has 1 atom stereocenters. The van der Waals surface area contributed by atoms with Crippen molar-refractivity contribution in [2.75, 3.05) is 19.0 Å². The zero-order chi connectivity index (χ0) is 24.5. The van der Waals surface area contributed by atoms with Gasteiger partial charge in [0.2, 0.25) is 5.91 Å². The minimum atomic E-state index is -0.340. The van der Waals surface area contributed by atoms with Gasteiger partial charge in [-0.15, -0.1) is 5.10 Å². The molecule has 0 saturated carbocycles. The van der Waals surface area contributed by atoms with Gasteiger partial charge in [0, 0.05) is 23.5 Å². The highest BCUT2D eigenvalue weighted by molar-refractivity contribution is 5.95. The first-order chi connectivity index (χ1) is 17.0. The molecular weight excluding hydrogens is 451 g/mol. The zero-order valence-corrected chi connectivity index (χ0v) is 19.4. The van der Waals surface area contributed by atoms with Crippen LogP contribution in [0.1, 0.15) is 36.1 Å². The molecule has 10 heteroatoms. The van der Waals surface area contributed by atoms with E-state index in [2.05, 4.69) is 25.6 Å². The van der Waals surface area contributed by atoms with E-state index in [0.717, 1.165) is 16.8 Å². The number of ether oxygens (including phenoxy) is 2. The third-order valence-electron chi connectivity index (χ3n) is 5.87. The average Bonchev–Trinajstić information content (AvgIpc) is 3.20. The summed E-state index contributed by atoms with van der Waals surface area (Å²) in [4.78, 5) is 17.3. The molecule has 178 valence electrons. The normalized spacial score (nSPS) is 14.9. The number of hydrogen-bond acceptors (Lipinski definition) is 7. The number of aryl methyl sites for hydroxylation is 1. The summed E-state index contributed by atoms with van der Waals surface area (Å²) in [7, 11) is 1.59. The van der Waals surface area contributed by atoms with E-state index in [1.54, 1.807) is 19.2 Å². The van der Waals surface area contributed by atoms with Crippen molar-refractivity contribution in [2.45, 2.75) is 26.2 Å². The largest absolute Gasteiger partial charge is 0.493 e. The molecule has 0 saturated heterocycles. The Labute approximate surface area is 200 Å². The van der Waals surface area contributed by atoms with E-state index in [1.165, 1.54) is 23.0 Å². The van der Waals surface area contributed by atoms with Crippen molar-refractivity contribution < 1.29 is 18.7 Å². The van der Waals surface area contributed by atoms with Gasteiger partial charge >= 0.3 is 0 Å². The number of carbonyl (C=O) groups is 1. The lowest BCUT2D eigenvalue weighted by molar-refractivity contribution is -0.116. The molecule has 4 aromatic rings. The summed E-state index contributed by atoms with van der Waals surface area (Å²) >= 11 is 0. The highest BCUT2D eigenvalue weighted by Crippen LogP contribution is 2.42. The molecule has 0 radical (unpaired) electrons. The van der Waals surface area contributed by atoms with Crippen LogP contribution in [0.25, 0.3) is 17.2 Å². The van der Waals surface area contributed by atoms with E-state index in [1.807, 2.05) is 32.0 Å². The van der Waals surface area contributed by atoms with Gasteiger partial charge in [-0.3, -0.25) is 4.79 Å². The van der Waals surface area contributed by atoms with Crippen molar-refractivity contribution in [1.29, 1.82) is 0 Å². The van der Waals surface area contributed by atoms with Crippen molar-refractivity contribution in [3.05, 3.63) is 71.3 Å². The third-order valence-corrected chi connectivity index (χ3v) is 5.87. The van der Waals surface area contributed by atoms with Crippen molar-refractivity contribution in [3.8, 4) is 28.7 Å². The summed E-state index contributed by atoms with van der Waals surface area (Å²) in [5.41, 5.74) is 3.70. The topological polar surface area (TPSA) is 104 Å². The number of carbonyl (C=O) groups excluding carboxylic acids is 1. The molecule has 2 aromatic heterocycles. The molecule has 5 rings (SSSR count).